The van der Waals surface area contributed by atoms with Crippen molar-refractivity contribution in [2.75, 3.05) is 23.3 Å². The van der Waals surface area contributed by atoms with Gasteiger partial charge in [-0.05, 0) is 72.9 Å². The standard InChI is InChI=1S/C25H28N4O3S/c30-25(27-18-21-7-5-13-26-17-21)28-22-9-11-24(12-10-22)33(31,32)19-20-6-4-8-23(16-20)29-14-2-1-3-15-29/h4-13,16-17H,1-3,14-15,18-19H2,(H2,27,28,30). The Labute approximate surface area is 194 Å². The molecule has 0 spiro atoms. The van der Waals surface area contributed by atoms with Crippen LogP contribution >= 0.6 is 0 Å². The van der Waals surface area contributed by atoms with Crippen LogP contribution < -0.4 is 15.5 Å². The van der Waals surface area contributed by atoms with Gasteiger partial charge in [0.25, 0.3) is 0 Å². The first kappa shape index (κ1) is 22.8. The summed E-state index contributed by atoms with van der Waals surface area (Å²) < 4.78 is 25.9. The summed E-state index contributed by atoms with van der Waals surface area (Å²) in [6.45, 7) is 2.38. The van der Waals surface area contributed by atoms with Gasteiger partial charge < -0.3 is 15.5 Å². The number of amides is 2. The Balaban J connectivity index is 1.36. The highest BCUT2D eigenvalue weighted by Crippen LogP contribution is 2.24. The van der Waals surface area contributed by atoms with Crippen LogP contribution in [0.15, 0.2) is 78.0 Å². The first-order valence-corrected chi connectivity index (χ1v) is 12.8. The van der Waals surface area contributed by atoms with Crippen molar-refractivity contribution in [2.24, 2.45) is 0 Å². The second-order valence-corrected chi connectivity index (χ2v) is 10.2. The third kappa shape index (κ3) is 6.32. The van der Waals surface area contributed by atoms with Gasteiger partial charge in [-0.15, -0.1) is 0 Å². The maximum Gasteiger partial charge on any atom is 0.319 e. The molecule has 1 aromatic heterocycles. The average molecular weight is 465 g/mol. The second kappa shape index (κ2) is 10.5. The second-order valence-electron chi connectivity index (χ2n) is 8.17. The Morgan fingerprint density at radius 2 is 1.70 bits per heavy atom. The predicted octanol–water partition coefficient (Wildman–Crippen LogP) is 4.37. The summed E-state index contributed by atoms with van der Waals surface area (Å²) in [7, 11) is -3.51. The van der Waals surface area contributed by atoms with Crippen molar-refractivity contribution in [1.29, 1.82) is 0 Å². The van der Waals surface area contributed by atoms with Gasteiger partial charge >= 0.3 is 6.03 Å². The number of piperidine rings is 1. The number of hydrogen-bond acceptors (Lipinski definition) is 5. The van der Waals surface area contributed by atoms with Gasteiger partial charge in [-0.25, -0.2) is 13.2 Å². The zero-order chi connectivity index (χ0) is 23.1. The highest BCUT2D eigenvalue weighted by molar-refractivity contribution is 7.90. The molecule has 8 heteroatoms. The fourth-order valence-corrected chi connectivity index (χ4v) is 5.24. The van der Waals surface area contributed by atoms with Crippen molar-refractivity contribution >= 4 is 27.2 Å². The number of carbonyl (C=O) groups is 1. The van der Waals surface area contributed by atoms with Gasteiger partial charge in [0.1, 0.15) is 0 Å². The first-order valence-electron chi connectivity index (χ1n) is 11.1. The molecule has 1 fully saturated rings. The lowest BCUT2D eigenvalue weighted by Gasteiger charge is -2.29. The Kier molecular flexibility index (Phi) is 7.24. The molecule has 172 valence electrons. The van der Waals surface area contributed by atoms with E-state index in [2.05, 4.69) is 20.5 Å². The smallest absolute Gasteiger partial charge is 0.319 e. The summed E-state index contributed by atoms with van der Waals surface area (Å²) in [5.41, 5.74) is 3.26. The molecule has 2 aromatic carbocycles. The van der Waals surface area contributed by atoms with Crippen LogP contribution in [-0.2, 0) is 22.1 Å². The third-order valence-electron chi connectivity index (χ3n) is 5.64. The lowest BCUT2D eigenvalue weighted by Crippen LogP contribution is -2.29. The summed E-state index contributed by atoms with van der Waals surface area (Å²) in [6, 6.07) is 17.4. The Morgan fingerprint density at radius 1 is 0.939 bits per heavy atom. The number of rotatable bonds is 7. The van der Waals surface area contributed by atoms with Gasteiger partial charge in [-0.2, -0.15) is 0 Å². The number of carbonyl (C=O) groups excluding carboxylic acids is 1. The topological polar surface area (TPSA) is 91.4 Å². The summed E-state index contributed by atoms with van der Waals surface area (Å²) in [6.07, 6.45) is 6.95. The molecule has 7 nitrogen and oxygen atoms in total. The maximum absolute atomic E-state index is 13.0. The van der Waals surface area contributed by atoms with Crippen LogP contribution in [0.2, 0.25) is 0 Å². The van der Waals surface area contributed by atoms with Crippen LogP contribution in [0.4, 0.5) is 16.2 Å². The number of hydrogen-bond donors (Lipinski definition) is 2. The summed E-state index contributed by atoms with van der Waals surface area (Å²) in [4.78, 5) is 18.7. The average Bonchev–Trinajstić information content (AvgIpc) is 2.84. The monoisotopic (exact) mass is 464 g/mol. The Bertz CT molecular complexity index is 1180. The van der Waals surface area contributed by atoms with Crippen LogP contribution in [0, 0.1) is 0 Å². The van der Waals surface area contributed by atoms with Gasteiger partial charge in [-0.3, -0.25) is 4.98 Å². The molecule has 2 heterocycles. The number of anilines is 2. The molecular weight excluding hydrogens is 436 g/mol. The van der Waals surface area contributed by atoms with Crippen molar-refractivity contribution in [3.05, 3.63) is 84.2 Å². The molecule has 0 aliphatic carbocycles. The fourth-order valence-electron chi connectivity index (χ4n) is 3.90. The van der Waals surface area contributed by atoms with Crippen molar-refractivity contribution in [1.82, 2.24) is 10.3 Å². The van der Waals surface area contributed by atoms with E-state index in [4.69, 9.17) is 0 Å². The number of aromatic nitrogens is 1. The lowest BCUT2D eigenvalue weighted by molar-refractivity contribution is 0.251. The van der Waals surface area contributed by atoms with Crippen molar-refractivity contribution < 1.29 is 13.2 Å². The fraction of sp³-hybridized carbons (Fsp3) is 0.280. The molecular formula is C25H28N4O3S. The molecule has 0 bridgehead atoms. The minimum absolute atomic E-state index is 0.0624. The molecule has 0 atom stereocenters. The van der Waals surface area contributed by atoms with E-state index in [0.29, 0.717) is 12.2 Å². The molecule has 4 rings (SSSR count). The van der Waals surface area contributed by atoms with Crippen LogP contribution in [0.3, 0.4) is 0 Å². The molecule has 2 N–H and O–H groups in total. The number of urea groups is 1. The Morgan fingerprint density at radius 3 is 2.42 bits per heavy atom. The predicted molar refractivity (Wildman–Crippen MR) is 130 cm³/mol. The van der Waals surface area contributed by atoms with E-state index in [0.717, 1.165) is 29.9 Å². The highest BCUT2D eigenvalue weighted by atomic mass is 32.2. The van der Waals surface area contributed by atoms with E-state index in [1.165, 1.54) is 31.4 Å². The molecule has 33 heavy (non-hydrogen) atoms. The number of sulfone groups is 1. The maximum atomic E-state index is 13.0. The molecule has 0 radical (unpaired) electrons. The number of benzene rings is 2. The SMILES string of the molecule is O=C(NCc1cccnc1)Nc1ccc(S(=O)(=O)Cc2cccc(N3CCCCC3)c2)cc1. The van der Waals surface area contributed by atoms with E-state index in [-0.39, 0.29) is 16.7 Å². The van der Waals surface area contributed by atoms with Gasteiger partial charge in [0.05, 0.1) is 10.6 Å². The van der Waals surface area contributed by atoms with Crippen LogP contribution in [-0.4, -0.2) is 32.5 Å². The third-order valence-corrected chi connectivity index (χ3v) is 7.34. The van der Waals surface area contributed by atoms with E-state index < -0.39 is 9.84 Å². The molecule has 1 saturated heterocycles. The zero-order valence-corrected chi connectivity index (χ0v) is 19.2. The summed E-state index contributed by atoms with van der Waals surface area (Å²) in [5, 5.41) is 5.46. The van der Waals surface area contributed by atoms with Gasteiger partial charge in [0.15, 0.2) is 9.84 Å². The molecule has 1 aliphatic rings. The Hall–Kier alpha value is -3.39. The molecule has 3 aromatic rings. The molecule has 1 aliphatic heterocycles. The number of nitrogens with one attached hydrogen (secondary N) is 2. The number of pyridine rings is 1. The van der Waals surface area contributed by atoms with E-state index >= 15 is 0 Å². The molecule has 0 saturated carbocycles. The van der Waals surface area contributed by atoms with E-state index in [1.807, 2.05) is 30.3 Å². The van der Waals surface area contributed by atoms with Crippen molar-refractivity contribution in [3.8, 4) is 0 Å². The van der Waals surface area contributed by atoms with E-state index in [1.54, 1.807) is 30.6 Å². The molecule has 0 unspecified atom stereocenters. The first-order chi connectivity index (χ1) is 16.0. The van der Waals surface area contributed by atoms with Crippen LogP contribution in [0.1, 0.15) is 30.4 Å². The van der Waals surface area contributed by atoms with Crippen molar-refractivity contribution in [2.45, 2.75) is 36.5 Å². The molecule has 2 amide bonds. The number of nitrogens with zero attached hydrogens (tertiary/aromatic N) is 2. The van der Waals surface area contributed by atoms with E-state index in [9.17, 15) is 13.2 Å². The summed E-state index contributed by atoms with van der Waals surface area (Å²) >= 11 is 0. The summed E-state index contributed by atoms with van der Waals surface area (Å²) in [5.74, 6) is -0.0624. The van der Waals surface area contributed by atoms with Crippen LogP contribution in [0.5, 0.6) is 0 Å². The normalized spacial score (nSPS) is 14.0. The lowest BCUT2D eigenvalue weighted by atomic mass is 10.1. The van der Waals surface area contributed by atoms with Crippen molar-refractivity contribution in [3.63, 3.8) is 0 Å². The van der Waals surface area contributed by atoms with Gasteiger partial charge in [-0.1, -0.05) is 18.2 Å². The minimum Gasteiger partial charge on any atom is -0.372 e. The van der Waals surface area contributed by atoms with Crippen LogP contribution in [0.25, 0.3) is 0 Å². The zero-order valence-electron chi connectivity index (χ0n) is 18.4. The largest absolute Gasteiger partial charge is 0.372 e. The van der Waals surface area contributed by atoms with Gasteiger partial charge in [0.2, 0.25) is 0 Å². The quantitative estimate of drug-likeness (QED) is 0.542. The van der Waals surface area contributed by atoms with Gasteiger partial charge in [0, 0.05) is 43.4 Å². The minimum atomic E-state index is -3.51. The highest BCUT2D eigenvalue weighted by Gasteiger charge is 2.17.